The van der Waals surface area contributed by atoms with Crippen LogP contribution in [-0.4, -0.2) is 30.4 Å². The molecule has 5 heteroatoms. The van der Waals surface area contributed by atoms with Gasteiger partial charge in [0.1, 0.15) is 6.54 Å². The number of carbonyl (C=O) groups excluding carboxylic acids is 2. The van der Waals surface area contributed by atoms with Gasteiger partial charge in [0.2, 0.25) is 5.91 Å². The van der Waals surface area contributed by atoms with Crippen LogP contribution in [0, 0.1) is 0 Å². The van der Waals surface area contributed by atoms with Gasteiger partial charge in [-0.1, -0.05) is 66.7 Å². The standard InChI is InChI=1S/C21H21N3O2/c1-24(21(26)22-14-16-8-3-2-4-9-16)15-20(25)23-19-13-7-11-17-10-5-6-12-18(17)19/h2-13H,14-15H2,1H3,(H,22,26)(H,23,25). The van der Waals surface area contributed by atoms with E-state index in [1.165, 1.54) is 4.90 Å². The number of likely N-dealkylation sites (N-methyl/N-ethyl adjacent to an activating group) is 1. The van der Waals surface area contributed by atoms with E-state index in [1.54, 1.807) is 7.05 Å². The van der Waals surface area contributed by atoms with Crippen LogP contribution in [0.5, 0.6) is 0 Å². The van der Waals surface area contributed by atoms with Crippen molar-refractivity contribution in [3.05, 3.63) is 78.4 Å². The van der Waals surface area contributed by atoms with E-state index >= 15 is 0 Å². The Morgan fingerprint density at radius 1 is 0.885 bits per heavy atom. The number of nitrogens with zero attached hydrogens (tertiary/aromatic N) is 1. The van der Waals surface area contributed by atoms with Crippen molar-refractivity contribution in [3.63, 3.8) is 0 Å². The molecule has 26 heavy (non-hydrogen) atoms. The number of hydrogen-bond acceptors (Lipinski definition) is 2. The molecular formula is C21H21N3O2. The highest BCUT2D eigenvalue weighted by Gasteiger charge is 2.13. The third kappa shape index (κ3) is 4.39. The molecule has 0 radical (unpaired) electrons. The summed E-state index contributed by atoms with van der Waals surface area (Å²) in [5.41, 5.74) is 1.75. The lowest BCUT2D eigenvalue weighted by Gasteiger charge is -2.18. The van der Waals surface area contributed by atoms with E-state index in [9.17, 15) is 9.59 Å². The Kier molecular flexibility index (Phi) is 5.49. The molecule has 0 aliphatic rings. The first-order chi connectivity index (χ1) is 12.6. The minimum absolute atomic E-state index is 0.0240. The van der Waals surface area contributed by atoms with Crippen LogP contribution in [0.2, 0.25) is 0 Å². The van der Waals surface area contributed by atoms with Crippen LogP contribution < -0.4 is 10.6 Å². The summed E-state index contributed by atoms with van der Waals surface area (Å²) in [5, 5.41) is 7.72. The summed E-state index contributed by atoms with van der Waals surface area (Å²) in [4.78, 5) is 25.8. The molecule has 2 N–H and O–H groups in total. The summed E-state index contributed by atoms with van der Waals surface area (Å²) in [6.07, 6.45) is 0. The van der Waals surface area contributed by atoms with Gasteiger partial charge < -0.3 is 15.5 Å². The maximum absolute atomic E-state index is 12.3. The van der Waals surface area contributed by atoms with E-state index in [1.807, 2.05) is 72.8 Å². The number of benzene rings is 3. The van der Waals surface area contributed by atoms with Crippen LogP contribution in [0.15, 0.2) is 72.8 Å². The number of amides is 3. The smallest absolute Gasteiger partial charge is 0.317 e. The molecule has 0 atom stereocenters. The lowest BCUT2D eigenvalue weighted by molar-refractivity contribution is -0.116. The number of carbonyl (C=O) groups is 2. The summed E-state index contributed by atoms with van der Waals surface area (Å²) in [6, 6.07) is 22.9. The number of nitrogens with one attached hydrogen (secondary N) is 2. The Hall–Kier alpha value is -3.34. The molecule has 5 nitrogen and oxygen atoms in total. The Labute approximate surface area is 152 Å². The monoisotopic (exact) mass is 347 g/mol. The van der Waals surface area contributed by atoms with Crippen LogP contribution in [-0.2, 0) is 11.3 Å². The van der Waals surface area contributed by atoms with Gasteiger partial charge in [-0.2, -0.15) is 0 Å². The summed E-state index contributed by atoms with van der Waals surface area (Å²) in [5.74, 6) is -0.237. The van der Waals surface area contributed by atoms with E-state index in [-0.39, 0.29) is 18.5 Å². The van der Waals surface area contributed by atoms with Gasteiger partial charge in [-0.05, 0) is 17.0 Å². The number of hydrogen-bond donors (Lipinski definition) is 2. The maximum atomic E-state index is 12.3. The Morgan fingerprint density at radius 3 is 2.38 bits per heavy atom. The highest BCUT2D eigenvalue weighted by molar-refractivity contribution is 6.03. The molecule has 0 saturated heterocycles. The fourth-order valence-electron chi connectivity index (χ4n) is 2.72. The molecule has 132 valence electrons. The highest BCUT2D eigenvalue weighted by Crippen LogP contribution is 2.22. The normalized spacial score (nSPS) is 10.3. The molecule has 0 spiro atoms. The first-order valence-corrected chi connectivity index (χ1v) is 8.44. The molecule has 3 amide bonds. The number of anilines is 1. The third-order valence-electron chi connectivity index (χ3n) is 4.08. The Balaban J connectivity index is 1.56. The lowest BCUT2D eigenvalue weighted by atomic mass is 10.1. The van der Waals surface area contributed by atoms with E-state index in [0.717, 1.165) is 22.0 Å². The van der Waals surface area contributed by atoms with Gasteiger partial charge >= 0.3 is 6.03 Å². The van der Waals surface area contributed by atoms with Crippen molar-refractivity contribution >= 4 is 28.4 Å². The Morgan fingerprint density at radius 2 is 1.58 bits per heavy atom. The summed E-state index contributed by atoms with van der Waals surface area (Å²) in [6.45, 7) is 0.402. The third-order valence-corrected chi connectivity index (χ3v) is 4.08. The largest absolute Gasteiger partial charge is 0.334 e. The van der Waals surface area contributed by atoms with E-state index in [4.69, 9.17) is 0 Å². The zero-order valence-electron chi connectivity index (χ0n) is 14.6. The predicted octanol–water partition coefficient (Wildman–Crippen LogP) is 3.62. The molecule has 0 aliphatic heterocycles. The predicted molar refractivity (Wildman–Crippen MR) is 104 cm³/mol. The van der Waals surface area contributed by atoms with Gasteiger partial charge in [0.25, 0.3) is 0 Å². The van der Waals surface area contributed by atoms with Crippen molar-refractivity contribution < 1.29 is 9.59 Å². The molecule has 0 aliphatic carbocycles. The van der Waals surface area contributed by atoms with E-state index in [2.05, 4.69) is 10.6 Å². The number of fused-ring (bicyclic) bond motifs is 1. The molecular weight excluding hydrogens is 326 g/mol. The summed E-state index contributed by atoms with van der Waals surface area (Å²) >= 11 is 0. The summed E-state index contributed by atoms with van der Waals surface area (Å²) in [7, 11) is 1.60. The molecule has 0 bridgehead atoms. The first-order valence-electron chi connectivity index (χ1n) is 8.44. The van der Waals surface area contributed by atoms with Crippen molar-refractivity contribution in [3.8, 4) is 0 Å². The number of urea groups is 1. The minimum Gasteiger partial charge on any atom is -0.334 e. The zero-order chi connectivity index (χ0) is 18.4. The van der Waals surface area contributed by atoms with Crippen molar-refractivity contribution in [2.75, 3.05) is 18.9 Å². The quantitative estimate of drug-likeness (QED) is 0.740. The fraction of sp³-hybridized carbons (Fsp3) is 0.143. The second-order valence-electron chi connectivity index (χ2n) is 6.08. The SMILES string of the molecule is CN(CC(=O)Nc1cccc2ccccc12)C(=O)NCc1ccccc1. The van der Waals surface area contributed by atoms with Gasteiger partial charge in [0.15, 0.2) is 0 Å². The van der Waals surface area contributed by atoms with Gasteiger partial charge in [0, 0.05) is 24.7 Å². The highest BCUT2D eigenvalue weighted by atomic mass is 16.2. The lowest BCUT2D eigenvalue weighted by Crippen LogP contribution is -2.41. The molecule has 0 saturated carbocycles. The molecule has 0 fully saturated rings. The van der Waals surface area contributed by atoms with Crippen molar-refractivity contribution in [2.24, 2.45) is 0 Å². The van der Waals surface area contributed by atoms with Crippen molar-refractivity contribution in [2.45, 2.75) is 6.54 Å². The van der Waals surface area contributed by atoms with Gasteiger partial charge in [-0.15, -0.1) is 0 Å². The second kappa shape index (κ2) is 8.16. The average Bonchev–Trinajstić information content (AvgIpc) is 2.67. The molecule has 0 heterocycles. The molecule has 3 aromatic rings. The first kappa shape index (κ1) is 17.5. The van der Waals surface area contributed by atoms with Crippen LogP contribution in [0.1, 0.15) is 5.56 Å². The van der Waals surface area contributed by atoms with Gasteiger partial charge in [-0.25, -0.2) is 4.79 Å². The van der Waals surface area contributed by atoms with Crippen LogP contribution in [0.3, 0.4) is 0 Å². The van der Waals surface area contributed by atoms with E-state index in [0.29, 0.717) is 6.54 Å². The average molecular weight is 347 g/mol. The molecule has 3 aromatic carbocycles. The van der Waals surface area contributed by atoms with Crippen LogP contribution in [0.25, 0.3) is 10.8 Å². The molecule has 0 unspecified atom stereocenters. The minimum atomic E-state index is -0.290. The number of rotatable bonds is 5. The fourth-order valence-corrected chi connectivity index (χ4v) is 2.72. The summed E-state index contributed by atoms with van der Waals surface area (Å²) < 4.78 is 0. The van der Waals surface area contributed by atoms with Crippen LogP contribution in [0.4, 0.5) is 10.5 Å². The molecule has 3 rings (SSSR count). The Bertz CT molecular complexity index is 904. The topological polar surface area (TPSA) is 61.4 Å². The van der Waals surface area contributed by atoms with E-state index < -0.39 is 0 Å². The van der Waals surface area contributed by atoms with Crippen LogP contribution >= 0.6 is 0 Å². The van der Waals surface area contributed by atoms with Gasteiger partial charge in [0.05, 0.1) is 0 Å². The molecule has 0 aromatic heterocycles. The van der Waals surface area contributed by atoms with Crippen molar-refractivity contribution in [1.29, 1.82) is 0 Å². The second-order valence-corrected chi connectivity index (χ2v) is 6.08. The zero-order valence-corrected chi connectivity index (χ0v) is 14.6. The van der Waals surface area contributed by atoms with Crippen molar-refractivity contribution in [1.82, 2.24) is 10.2 Å². The van der Waals surface area contributed by atoms with Gasteiger partial charge in [-0.3, -0.25) is 4.79 Å². The maximum Gasteiger partial charge on any atom is 0.317 e.